The van der Waals surface area contributed by atoms with Gasteiger partial charge in [0.2, 0.25) is 0 Å². The maximum atomic E-state index is 10.7. The fourth-order valence-corrected chi connectivity index (χ4v) is 1.22. The minimum absolute atomic E-state index is 0.430. The van der Waals surface area contributed by atoms with E-state index in [9.17, 15) is 4.79 Å². The normalized spacial score (nSPS) is 18.9. The summed E-state index contributed by atoms with van der Waals surface area (Å²) in [6.45, 7) is 3.38. The van der Waals surface area contributed by atoms with Gasteiger partial charge in [-0.1, -0.05) is 13.0 Å². The molecule has 0 aromatic carbocycles. The van der Waals surface area contributed by atoms with Crippen molar-refractivity contribution < 1.29 is 14.6 Å². The Bertz CT molecular complexity index is 192. The lowest BCUT2D eigenvalue weighted by Gasteiger charge is -2.25. The van der Waals surface area contributed by atoms with Crippen molar-refractivity contribution in [1.29, 1.82) is 0 Å². The minimum atomic E-state index is -0.788. The van der Waals surface area contributed by atoms with Crippen LogP contribution < -0.4 is 0 Å². The van der Waals surface area contributed by atoms with Gasteiger partial charge in [-0.25, -0.2) is 4.79 Å². The standard InChI is InChI=1S/C9H14O3/c1-2-3-8(9(10)11)4-7-5-12-6-7/h3,7H,2,4-6H2,1H3,(H,10,11). The SMILES string of the molecule is CCC=C(CC1COC1)C(=O)O. The van der Waals surface area contributed by atoms with E-state index in [2.05, 4.69) is 0 Å². The average molecular weight is 170 g/mol. The van der Waals surface area contributed by atoms with E-state index in [1.54, 1.807) is 6.08 Å². The second-order valence-corrected chi connectivity index (χ2v) is 3.05. The van der Waals surface area contributed by atoms with Gasteiger partial charge in [-0.2, -0.15) is 0 Å². The summed E-state index contributed by atoms with van der Waals surface area (Å²) in [6, 6.07) is 0. The number of rotatable bonds is 4. The van der Waals surface area contributed by atoms with Crippen molar-refractivity contribution in [2.24, 2.45) is 5.92 Å². The van der Waals surface area contributed by atoms with Crippen molar-refractivity contribution in [3.05, 3.63) is 11.6 Å². The molecule has 0 radical (unpaired) electrons. The van der Waals surface area contributed by atoms with Gasteiger partial charge in [0.05, 0.1) is 13.2 Å². The molecule has 68 valence electrons. The van der Waals surface area contributed by atoms with E-state index in [0.717, 1.165) is 6.42 Å². The molecule has 1 fully saturated rings. The van der Waals surface area contributed by atoms with Crippen LogP contribution in [0.4, 0.5) is 0 Å². The summed E-state index contributed by atoms with van der Waals surface area (Å²) >= 11 is 0. The Morgan fingerprint density at radius 3 is 2.67 bits per heavy atom. The molecule has 1 rings (SSSR count). The number of hydrogen-bond acceptors (Lipinski definition) is 2. The van der Waals surface area contributed by atoms with Gasteiger partial charge in [-0.05, 0) is 12.8 Å². The molecule has 0 spiro atoms. The largest absolute Gasteiger partial charge is 0.478 e. The molecular formula is C9H14O3. The Labute approximate surface area is 72.0 Å². The van der Waals surface area contributed by atoms with Crippen LogP contribution in [0.5, 0.6) is 0 Å². The lowest BCUT2D eigenvalue weighted by Crippen LogP contribution is -2.28. The molecule has 0 bridgehead atoms. The van der Waals surface area contributed by atoms with E-state index >= 15 is 0 Å². The summed E-state index contributed by atoms with van der Waals surface area (Å²) in [7, 11) is 0. The molecule has 0 unspecified atom stereocenters. The van der Waals surface area contributed by atoms with Crippen molar-refractivity contribution >= 4 is 5.97 Å². The molecule has 0 atom stereocenters. The predicted octanol–water partition coefficient (Wildman–Crippen LogP) is 1.44. The zero-order valence-electron chi connectivity index (χ0n) is 7.25. The van der Waals surface area contributed by atoms with Gasteiger partial charge in [0.15, 0.2) is 0 Å². The van der Waals surface area contributed by atoms with Gasteiger partial charge in [-0.3, -0.25) is 0 Å². The zero-order chi connectivity index (χ0) is 8.97. The second-order valence-electron chi connectivity index (χ2n) is 3.05. The maximum absolute atomic E-state index is 10.7. The maximum Gasteiger partial charge on any atom is 0.331 e. The number of allylic oxidation sites excluding steroid dienone is 1. The zero-order valence-corrected chi connectivity index (χ0v) is 7.25. The van der Waals surface area contributed by atoms with Crippen LogP contribution in [0.1, 0.15) is 19.8 Å². The van der Waals surface area contributed by atoms with Crippen molar-refractivity contribution in [2.75, 3.05) is 13.2 Å². The summed E-state index contributed by atoms with van der Waals surface area (Å²) in [5, 5.41) is 8.76. The molecule has 1 N–H and O–H groups in total. The number of carbonyl (C=O) groups is 1. The van der Waals surface area contributed by atoms with Crippen LogP contribution >= 0.6 is 0 Å². The first kappa shape index (κ1) is 9.26. The highest BCUT2D eigenvalue weighted by atomic mass is 16.5. The average Bonchev–Trinajstić information content (AvgIpc) is 1.93. The van der Waals surface area contributed by atoms with E-state index in [1.165, 1.54) is 0 Å². The second kappa shape index (κ2) is 4.26. The lowest BCUT2D eigenvalue weighted by molar-refractivity contribution is -0.133. The molecule has 3 nitrogen and oxygen atoms in total. The molecule has 0 aromatic rings. The molecule has 0 aromatic heterocycles. The molecular weight excluding hydrogens is 156 g/mol. The number of hydrogen-bond donors (Lipinski definition) is 1. The van der Waals surface area contributed by atoms with Crippen molar-refractivity contribution in [1.82, 2.24) is 0 Å². The Morgan fingerprint density at radius 1 is 1.67 bits per heavy atom. The van der Waals surface area contributed by atoms with E-state index in [1.807, 2.05) is 6.92 Å². The smallest absolute Gasteiger partial charge is 0.331 e. The van der Waals surface area contributed by atoms with Crippen molar-refractivity contribution in [3.8, 4) is 0 Å². The summed E-state index contributed by atoms with van der Waals surface area (Å²) in [5.41, 5.74) is 0.533. The fourth-order valence-electron chi connectivity index (χ4n) is 1.22. The number of carboxylic acids is 1. The Morgan fingerprint density at radius 2 is 2.33 bits per heavy atom. The highest BCUT2D eigenvalue weighted by Gasteiger charge is 2.21. The monoisotopic (exact) mass is 170 g/mol. The molecule has 0 saturated carbocycles. The van der Waals surface area contributed by atoms with Gasteiger partial charge < -0.3 is 9.84 Å². The first-order chi connectivity index (χ1) is 5.74. The minimum Gasteiger partial charge on any atom is -0.478 e. The molecule has 1 saturated heterocycles. The summed E-state index contributed by atoms with van der Waals surface area (Å²) in [6.07, 6.45) is 3.22. The molecule has 3 heteroatoms. The van der Waals surface area contributed by atoms with Crippen LogP contribution in [0.3, 0.4) is 0 Å². The summed E-state index contributed by atoms with van der Waals surface area (Å²) in [4.78, 5) is 10.7. The van der Waals surface area contributed by atoms with Crippen LogP contribution in [0.15, 0.2) is 11.6 Å². The van der Waals surface area contributed by atoms with Gasteiger partial charge in [0.25, 0.3) is 0 Å². The van der Waals surface area contributed by atoms with Gasteiger partial charge >= 0.3 is 5.97 Å². The lowest BCUT2D eigenvalue weighted by atomic mass is 9.97. The van der Waals surface area contributed by atoms with Gasteiger partial charge in [0.1, 0.15) is 0 Å². The van der Waals surface area contributed by atoms with E-state index in [0.29, 0.717) is 31.1 Å². The van der Waals surface area contributed by atoms with E-state index < -0.39 is 5.97 Å². The Kier molecular flexibility index (Phi) is 3.29. The van der Waals surface area contributed by atoms with Crippen molar-refractivity contribution in [2.45, 2.75) is 19.8 Å². The quantitative estimate of drug-likeness (QED) is 0.649. The summed E-state index contributed by atoms with van der Waals surface area (Å²) in [5.74, 6) is -0.359. The fraction of sp³-hybridized carbons (Fsp3) is 0.667. The predicted molar refractivity (Wildman–Crippen MR) is 44.9 cm³/mol. The van der Waals surface area contributed by atoms with Crippen LogP contribution in [0, 0.1) is 5.92 Å². The number of carboxylic acid groups (broad SMARTS) is 1. The summed E-state index contributed by atoms with van der Waals surface area (Å²) < 4.78 is 4.97. The number of aliphatic carboxylic acids is 1. The topological polar surface area (TPSA) is 46.5 Å². The third-order valence-corrected chi connectivity index (χ3v) is 1.94. The van der Waals surface area contributed by atoms with Crippen LogP contribution in [0.2, 0.25) is 0 Å². The van der Waals surface area contributed by atoms with E-state index in [4.69, 9.17) is 9.84 Å². The molecule has 1 aliphatic heterocycles. The Balaban J connectivity index is 2.42. The first-order valence-electron chi connectivity index (χ1n) is 4.24. The number of ether oxygens (including phenoxy) is 1. The van der Waals surface area contributed by atoms with Crippen LogP contribution in [-0.2, 0) is 9.53 Å². The third kappa shape index (κ3) is 2.34. The van der Waals surface area contributed by atoms with Crippen molar-refractivity contribution in [3.63, 3.8) is 0 Å². The Hall–Kier alpha value is -0.830. The highest BCUT2D eigenvalue weighted by Crippen LogP contribution is 2.19. The first-order valence-corrected chi connectivity index (χ1v) is 4.24. The molecule has 0 aliphatic carbocycles. The third-order valence-electron chi connectivity index (χ3n) is 1.94. The molecule has 1 aliphatic rings. The van der Waals surface area contributed by atoms with Crippen LogP contribution in [0.25, 0.3) is 0 Å². The van der Waals surface area contributed by atoms with Gasteiger partial charge in [-0.15, -0.1) is 0 Å². The van der Waals surface area contributed by atoms with Gasteiger partial charge in [0, 0.05) is 11.5 Å². The molecule has 1 heterocycles. The highest BCUT2D eigenvalue weighted by molar-refractivity contribution is 5.86. The molecule has 0 amide bonds. The molecule has 12 heavy (non-hydrogen) atoms. The van der Waals surface area contributed by atoms with E-state index in [-0.39, 0.29) is 0 Å². The van der Waals surface area contributed by atoms with Crippen LogP contribution in [-0.4, -0.2) is 24.3 Å².